The molecule has 1 aromatic heterocycles. The Morgan fingerprint density at radius 3 is 2.56 bits per heavy atom. The third kappa shape index (κ3) is 3.27. The zero-order chi connectivity index (χ0) is 17.2. The Labute approximate surface area is 151 Å². The fourth-order valence-corrected chi connectivity index (χ4v) is 3.77. The number of carbonyl (C=O) groups excluding carboxylic acids is 1. The van der Waals surface area contributed by atoms with Crippen molar-refractivity contribution in [2.24, 2.45) is 0 Å². The zero-order valence-electron chi connectivity index (χ0n) is 14.1. The largest absolute Gasteiger partial charge is 0.360 e. The number of hydrogen-bond acceptors (Lipinski definition) is 4. The Balaban J connectivity index is 1.69. The number of benzene rings is 2. The van der Waals surface area contributed by atoms with Gasteiger partial charge in [-0.1, -0.05) is 47.6 Å². The first-order valence-corrected chi connectivity index (χ1v) is 9.69. The number of hydrogen-bond donors (Lipinski definition) is 0. The van der Waals surface area contributed by atoms with Gasteiger partial charge in [0.05, 0.1) is 11.8 Å². The van der Waals surface area contributed by atoms with Gasteiger partial charge in [0.2, 0.25) is 0 Å². The molecule has 25 heavy (non-hydrogen) atoms. The standard InChI is InChI=1S/C21H19NO2S/c1-25-19-9-5-3-7-16(19)12-15-6-2-4-8-17(15)20(23)18-13-22-24-21(18)14-10-11-14/h2-9,13-14H,10-12H2,1H3. The molecule has 0 atom stereocenters. The summed E-state index contributed by atoms with van der Waals surface area (Å²) in [6.45, 7) is 0. The van der Waals surface area contributed by atoms with Gasteiger partial charge in [-0.05, 0) is 42.7 Å². The highest BCUT2D eigenvalue weighted by molar-refractivity contribution is 7.98. The van der Waals surface area contributed by atoms with Gasteiger partial charge in [0, 0.05) is 16.4 Å². The van der Waals surface area contributed by atoms with E-state index in [9.17, 15) is 4.79 Å². The van der Waals surface area contributed by atoms with Crippen LogP contribution in [0.25, 0.3) is 0 Å². The molecule has 0 N–H and O–H groups in total. The average molecular weight is 349 g/mol. The van der Waals surface area contributed by atoms with Crippen molar-refractivity contribution < 1.29 is 9.32 Å². The predicted octanol–water partition coefficient (Wildman–Crippen LogP) is 5.10. The van der Waals surface area contributed by atoms with Crippen LogP contribution in [-0.4, -0.2) is 17.2 Å². The molecule has 1 fully saturated rings. The molecular weight excluding hydrogens is 330 g/mol. The van der Waals surface area contributed by atoms with Crippen LogP contribution in [-0.2, 0) is 6.42 Å². The molecule has 0 spiro atoms. The highest BCUT2D eigenvalue weighted by atomic mass is 32.2. The lowest BCUT2D eigenvalue weighted by Crippen LogP contribution is -2.07. The third-order valence-electron chi connectivity index (χ3n) is 4.63. The van der Waals surface area contributed by atoms with E-state index in [4.69, 9.17) is 4.52 Å². The molecular formula is C21H19NO2S. The van der Waals surface area contributed by atoms with Gasteiger partial charge in [-0.2, -0.15) is 0 Å². The summed E-state index contributed by atoms with van der Waals surface area (Å²) >= 11 is 1.73. The van der Waals surface area contributed by atoms with Crippen molar-refractivity contribution in [3.63, 3.8) is 0 Å². The molecule has 4 heteroatoms. The summed E-state index contributed by atoms with van der Waals surface area (Å²) in [6.07, 6.45) is 6.55. The maximum absolute atomic E-state index is 13.1. The lowest BCUT2D eigenvalue weighted by atomic mass is 9.94. The number of aromatic nitrogens is 1. The first-order valence-electron chi connectivity index (χ1n) is 8.47. The molecule has 0 radical (unpaired) electrons. The summed E-state index contributed by atoms with van der Waals surface area (Å²) in [5.41, 5.74) is 3.64. The van der Waals surface area contributed by atoms with Crippen LogP contribution in [0.3, 0.4) is 0 Å². The number of carbonyl (C=O) groups is 1. The van der Waals surface area contributed by atoms with Gasteiger partial charge in [0.1, 0.15) is 0 Å². The van der Waals surface area contributed by atoms with Crippen LogP contribution in [0.4, 0.5) is 0 Å². The smallest absolute Gasteiger partial charge is 0.198 e. The SMILES string of the molecule is CSc1ccccc1Cc1ccccc1C(=O)c1cnoc1C1CC1. The topological polar surface area (TPSA) is 43.1 Å². The van der Waals surface area contributed by atoms with Gasteiger partial charge in [-0.25, -0.2) is 0 Å². The maximum atomic E-state index is 13.1. The van der Waals surface area contributed by atoms with Crippen LogP contribution < -0.4 is 0 Å². The first kappa shape index (κ1) is 16.2. The molecule has 1 heterocycles. The second-order valence-corrected chi connectivity index (χ2v) is 7.20. The number of nitrogens with zero attached hydrogens (tertiary/aromatic N) is 1. The summed E-state index contributed by atoms with van der Waals surface area (Å²) in [7, 11) is 0. The fraction of sp³-hybridized carbons (Fsp3) is 0.238. The fourth-order valence-electron chi connectivity index (χ4n) is 3.15. The molecule has 3 nitrogen and oxygen atoms in total. The van der Waals surface area contributed by atoms with Gasteiger partial charge in [-0.15, -0.1) is 11.8 Å². The molecule has 2 aromatic carbocycles. The van der Waals surface area contributed by atoms with Crippen molar-refractivity contribution in [3.05, 3.63) is 82.7 Å². The van der Waals surface area contributed by atoms with E-state index >= 15 is 0 Å². The second kappa shape index (κ2) is 6.89. The first-order chi connectivity index (χ1) is 12.3. The molecule has 126 valence electrons. The number of thioether (sulfide) groups is 1. The Morgan fingerprint density at radius 2 is 1.80 bits per heavy atom. The Bertz CT molecular complexity index is 912. The number of ketones is 1. The Kier molecular flexibility index (Phi) is 4.45. The quantitative estimate of drug-likeness (QED) is 0.459. The van der Waals surface area contributed by atoms with Crippen molar-refractivity contribution in [3.8, 4) is 0 Å². The second-order valence-electron chi connectivity index (χ2n) is 6.35. The highest BCUT2D eigenvalue weighted by Gasteiger charge is 2.33. The van der Waals surface area contributed by atoms with Crippen molar-refractivity contribution >= 4 is 17.5 Å². The molecule has 0 unspecified atom stereocenters. The van der Waals surface area contributed by atoms with Crippen molar-refractivity contribution in [1.82, 2.24) is 5.16 Å². The molecule has 4 rings (SSSR count). The Hall–Kier alpha value is -2.33. The van der Waals surface area contributed by atoms with Gasteiger partial charge in [-0.3, -0.25) is 4.79 Å². The minimum absolute atomic E-state index is 0.0142. The molecule has 1 saturated carbocycles. The van der Waals surface area contributed by atoms with E-state index in [2.05, 4.69) is 23.5 Å². The summed E-state index contributed by atoms with van der Waals surface area (Å²) in [5.74, 6) is 1.13. The van der Waals surface area contributed by atoms with E-state index in [-0.39, 0.29) is 5.78 Å². The van der Waals surface area contributed by atoms with E-state index in [1.807, 2.05) is 36.4 Å². The molecule has 0 amide bonds. The van der Waals surface area contributed by atoms with Crippen LogP contribution in [0, 0.1) is 0 Å². The van der Waals surface area contributed by atoms with Crippen LogP contribution in [0.5, 0.6) is 0 Å². The van der Waals surface area contributed by atoms with Crippen molar-refractivity contribution in [2.45, 2.75) is 30.1 Å². The summed E-state index contributed by atoms with van der Waals surface area (Å²) in [5, 5.41) is 3.87. The zero-order valence-corrected chi connectivity index (χ0v) is 14.9. The lowest BCUT2D eigenvalue weighted by molar-refractivity contribution is 0.103. The summed E-state index contributed by atoms with van der Waals surface area (Å²) in [6, 6.07) is 16.2. The van der Waals surface area contributed by atoms with Crippen LogP contribution in [0.15, 0.2) is 64.1 Å². The van der Waals surface area contributed by atoms with Crippen molar-refractivity contribution in [1.29, 1.82) is 0 Å². The summed E-state index contributed by atoms with van der Waals surface area (Å²) in [4.78, 5) is 14.4. The van der Waals surface area contributed by atoms with E-state index < -0.39 is 0 Å². The van der Waals surface area contributed by atoms with Crippen LogP contribution >= 0.6 is 11.8 Å². The van der Waals surface area contributed by atoms with Gasteiger partial charge < -0.3 is 4.52 Å². The van der Waals surface area contributed by atoms with E-state index in [0.717, 1.165) is 36.1 Å². The van der Waals surface area contributed by atoms with Crippen LogP contribution in [0.2, 0.25) is 0 Å². The normalized spacial score (nSPS) is 13.8. The number of rotatable bonds is 6. The van der Waals surface area contributed by atoms with E-state index in [1.165, 1.54) is 10.5 Å². The predicted molar refractivity (Wildman–Crippen MR) is 99.4 cm³/mol. The monoisotopic (exact) mass is 349 g/mol. The van der Waals surface area contributed by atoms with E-state index in [0.29, 0.717) is 11.5 Å². The minimum atomic E-state index is 0.0142. The Morgan fingerprint density at radius 1 is 1.08 bits per heavy atom. The van der Waals surface area contributed by atoms with Gasteiger partial charge in [0.25, 0.3) is 0 Å². The molecule has 3 aromatic rings. The molecule has 1 aliphatic rings. The average Bonchev–Trinajstić information content (AvgIpc) is 3.38. The van der Waals surface area contributed by atoms with Crippen molar-refractivity contribution in [2.75, 3.05) is 6.26 Å². The van der Waals surface area contributed by atoms with Crippen LogP contribution in [0.1, 0.15) is 51.6 Å². The van der Waals surface area contributed by atoms with Gasteiger partial charge in [0.15, 0.2) is 11.5 Å². The molecule has 0 saturated heterocycles. The summed E-state index contributed by atoms with van der Waals surface area (Å²) < 4.78 is 5.35. The third-order valence-corrected chi connectivity index (χ3v) is 5.46. The molecule has 1 aliphatic carbocycles. The molecule has 0 bridgehead atoms. The minimum Gasteiger partial charge on any atom is -0.360 e. The van der Waals surface area contributed by atoms with Gasteiger partial charge >= 0.3 is 0 Å². The highest BCUT2D eigenvalue weighted by Crippen LogP contribution is 2.42. The lowest BCUT2D eigenvalue weighted by Gasteiger charge is -2.11. The molecule has 0 aliphatic heterocycles. The van der Waals surface area contributed by atoms with E-state index in [1.54, 1.807) is 18.0 Å². The maximum Gasteiger partial charge on any atom is 0.198 e.